The summed E-state index contributed by atoms with van der Waals surface area (Å²) < 4.78 is 2.33. The maximum absolute atomic E-state index is 5.46. The van der Waals surface area contributed by atoms with Gasteiger partial charge in [0.15, 0.2) is 5.82 Å². The van der Waals surface area contributed by atoms with Crippen LogP contribution in [0.2, 0.25) is 0 Å². The summed E-state index contributed by atoms with van der Waals surface area (Å²) in [5.41, 5.74) is 12.3. The van der Waals surface area contributed by atoms with Crippen LogP contribution in [-0.4, -0.2) is 9.97 Å². The molecule has 0 unspecified atom stereocenters. The van der Waals surface area contributed by atoms with Crippen LogP contribution in [0.25, 0.3) is 86.7 Å². The first-order valence-electron chi connectivity index (χ1n) is 17.6. The van der Waals surface area contributed by atoms with Crippen LogP contribution in [0.15, 0.2) is 176 Å². The van der Waals surface area contributed by atoms with Crippen molar-refractivity contribution in [1.82, 2.24) is 9.97 Å². The third kappa shape index (κ3) is 4.45. The van der Waals surface area contributed by atoms with Gasteiger partial charge in [-0.1, -0.05) is 127 Å². The van der Waals surface area contributed by atoms with Gasteiger partial charge in [0.05, 0.1) is 27.3 Å². The lowest BCUT2D eigenvalue weighted by molar-refractivity contribution is 1.24. The average molecular weight is 680 g/mol. The molecule has 3 nitrogen and oxygen atoms in total. The molecule has 0 aliphatic carbocycles. The fraction of sp³-hybridized carbons (Fsp3) is 0. The van der Waals surface area contributed by atoms with Crippen molar-refractivity contribution in [3.05, 3.63) is 176 Å². The molecule has 4 heteroatoms. The number of anilines is 3. The largest absolute Gasteiger partial charge is 0.309 e. The number of benzene rings is 8. The molecule has 8 aromatic carbocycles. The minimum absolute atomic E-state index is 0.734. The third-order valence-electron chi connectivity index (χ3n) is 10.4. The summed E-state index contributed by atoms with van der Waals surface area (Å²) in [6.45, 7) is 0. The Morgan fingerprint density at radius 2 is 1.17 bits per heavy atom. The fourth-order valence-electron chi connectivity index (χ4n) is 7.98. The third-order valence-corrected chi connectivity index (χ3v) is 11.6. The number of aromatic nitrogens is 2. The van der Waals surface area contributed by atoms with E-state index in [1.807, 2.05) is 0 Å². The number of thiophene rings is 1. The van der Waals surface area contributed by atoms with Gasteiger partial charge < -0.3 is 4.90 Å². The van der Waals surface area contributed by atoms with Crippen molar-refractivity contribution in [3.8, 4) is 44.9 Å². The Labute approximate surface area is 304 Å². The molecule has 3 heterocycles. The normalized spacial score (nSPS) is 12.2. The van der Waals surface area contributed by atoms with E-state index in [9.17, 15) is 0 Å². The fourth-order valence-corrected chi connectivity index (χ4v) is 9.13. The Kier molecular flexibility index (Phi) is 6.42. The van der Waals surface area contributed by atoms with Crippen LogP contribution < -0.4 is 4.90 Å². The first-order chi connectivity index (χ1) is 25.8. The molecule has 1 aliphatic heterocycles. The number of para-hydroxylation sites is 1. The van der Waals surface area contributed by atoms with Crippen molar-refractivity contribution in [2.45, 2.75) is 0 Å². The highest BCUT2D eigenvalue weighted by atomic mass is 32.1. The van der Waals surface area contributed by atoms with Gasteiger partial charge in [0.25, 0.3) is 0 Å². The van der Waals surface area contributed by atoms with Gasteiger partial charge in [-0.25, -0.2) is 9.97 Å². The van der Waals surface area contributed by atoms with Gasteiger partial charge in [-0.05, 0) is 81.4 Å². The van der Waals surface area contributed by atoms with E-state index in [0.717, 1.165) is 55.0 Å². The molecule has 0 N–H and O–H groups in total. The minimum atomic E-state index is 0.734. The van der Waals surface area contributed by atoms with Gasteiger partial charge in [0, 0.05) is 37.9 Å². The summed E-state index contributed by atoms with van der Waals surface area (Å²) in [5.74, 6) is 0.734. The molecule has 2 aromatic heterocycles. The second kappa shape index (κ2) is 11.5. The molecule has 0 spiro atoms. The summed E-state index contributed by atoms with van der Waals surface area (Å²) in [5, 5.41) is 5.91. The van der Waals surface area contributed by atoms with Crippen LogP contribution in [-0.2, 0) is 0 Å². The Hall–Kier alpha value is -6.62. The van der Waals surface area contributed by atoms with Crippen molar-refractivity contribution in [1.29, 1.82) is 0 Å². The molecular formula is C48H29N3S. The zero-order valence-corrected chi connectivity index (χ0v) is 28.8. The molecule has 0 radical (unpaired) electrons. The maximum Gasteiger partial charge on any atom is 0.161 e. The minimum Gasteiger partial charge on any atom is -0.309 e. The van der Waals surface area contributed by atoms with E-state index >= 15 is 0 Å². The molecule has 242 valence electrons. The van der Waals surface area contributed by atoms with E-state index in [1.54, 1.807) is 11.3 Å². The second-order valence-corrected chi connectivity index (χ2v) is 14.4. The summed E-state index contributed by atoms with van der Waals surface area (Å²) in [7, 11) is 0. The predicted octanol–water partition coefficient (Wildman–Crippen LogP) is 13.6. The van der Waals surface area contributed by atoms with Crippen LogP contribution in [0, 0.1) is 0 Å². The number of rotatable bonds is 4. The van der Waals surface area contributed by atoms with Crippen molar-refractivity contribution >= 4 is 70.2 Å². The zero-order chi connectivity index (χ0) is 34.2. The first-order valence-corrected chi connectivity index (χ1v) is 18.4. The van der Waals surface area contributed by atoms with E-state index in [-0.39, 0.29) is 0 Å². The van der Waals surface area contributed by atoms with Crippen LogP contribution in [0.3, 0.4) is 0 Å². The first kappa shape index (κ1) is 29.1. The number of hydrogen-bond donors (Lipinski definition) is 0. The van der Waals surface area contributed by atoms with Gasteiger partial charge in [0.1, 0.15) is 0 Å². The lowest BCUT2D eigenvalue weighted by Crippen LogP contribution is -2.15. The molecule has 0 bridgehead atoms. The second-order valence-electron chi connectivity index (χ2n) is 13.4. The molecular weight excluding hydrogens is 651 g/mol. The predicted molar refractivity (Wildman–Crippen MR) is 220 cm³/mol. The molecule has 0 saturated heterocycles. The molecule has 10 aromatic rings. The highest BCUT2D eigenvalue weighted by Gasteiger charge is 2.28. The smallest absolute Gasteiger partial charge is 0.161 e. The quantitative estimate of drug-likeness (QED) is 0.185. The van der Waals surface area contributed by atoms with Gasteiger partial charge in [-0.2, -0.15) is 0 Å². The summed E-state index contributed by atoms with van der Waals surface area (Å²) in [6, 6.07) is 63.1. The topological polar surface area (TPSA) is 29.0 Å². The lowest BCUT2D eigenvalue weighted by Gasteiger charge is -2.34. The molecule has 0 saturated carbocycles. The maximum atomic E-state index is 5.46. The Morgan fingerprint density at radius 1 is 0.442 bits per heavy atom. The molecule has 0 fully saturated rings. The highest BCUT2D eigenvalue weighted by molar-refractivity contribution is 7.26. The molecule has 0 atom stereocenters. The van der Waals surface area contributed by atoms with Gasteiger partial charge in [0.2, 0.25) is 0 Å². The summed E-state index contributed by atoms with van der Waals surface area (Å²) in [6.07, 6.45) is 0. The molecule has 0 amide bonds. The van der Waals surface area contributed by atoms with E-state index < -0.39 is 0 Å². The van der Waals surface area contributed by atoms with Crippen LogP contribution >= 0.6 is 11.3 Å². The van der Waals surface area contributed by atoms with Crippen molar-refractivity contribution in [3.63, 3.8) is 0 Å². The standard InChI is InChI=1S/C48H29N3S/c1-3-12-30(13-4-1)33-24-26-41-40(29-33)37-20-11-19-36-38(25-27-42(44(36)37)51(41)35-16-5-2-6-17-35)48-49-45(34-23-22-31-14-7-8-15-32(31)28-34)47-46(50-48)39-18-9-10-21-43(39)52-47/h1-29H. The van der Waals surface area contributed by atoms with E-state index in [4.69, 9.17) is 9.97 Å². The SMILES string of the molecule is c1ccc(-c2ccc3c(c2)-c2cccc4c(-c5nc(-c6ccc7ccccc7c6)c6sc7ccccc7c6n5)ccc(c24)N3c2ccccc2)cc1. The molecule has 52 heavy (non-hydrogen) atoms. The molecule has 11 rings (SSSR count). The Morgan fingerprint density at radius 3 is 2.06 bits per heavy atom. The van der Waals surface area contributed by atoms with E-state index in [1.165, 1.54) is 48.8 Å². The van der Waals surface area contributed by atoms with Crippen LogP contribution in [0.4, 0.5) is 17.1 Å². The summed E-state index contributed by atoms with van der Waals surface area (Å²) in [4.78, 5) is 13.3. The van der Waals surface area contributed by atoms with Gasteiger partial charge >= 0.3 is 0 Å². The lowest BCUT2D eigenvalue weighted by atomic mass is 9.87. The Bertz CT molecular complexity index is 3020. The zero-order valence-electron chi connectivity index (χ0n) is 28.0. The van der Waals surface area contributed by atoms with E-state index in [0.29, 0.717) is 0 Å². The number of nitrogens with zero attached hydrogens (tertiary/aromatic N) is 3. The van der Waals surface area contributed by atoms with Crippen molar-refractivity contribution in [2.75, 3.05) is 4.90 Å². The number of fused-ring (bicyclic) bond motifs is 6. The van der Waals surface area contributed by atoms with Crippen molar-refractivity contribution in [2.24, 2.45) is 0 Å². The van der Waals surface area contributed by atoms with Crippen LogP contribution in [0.1, 0.15) is 0 Å². The van der Waals surface area contributed by atoms with Gasteiger partial charge in [-0.3, -0.25) is 0 Å². The average Bonchev–Trinajstić information content (AvgIpc) is 3.60. The van der Waals surface area contributed by atoms with Crippen LogP contribution in [0.5, 0.6) is 0 Å². The monoisotopic (exact) mass is 679 g/mol. The summed E-state index contributed by atoms with van der Waals surface area (Å²) >= 11 is 1.77. The van der Waals surface area contributed by atoms with E-state index in [2.05, 4.69) is 181 Å². The number of hydrogen-bond acceptors (Lipinski definition) is 4. The highest BCUT2D eigenvalue weighted by Crippen LogP contribution is 2.53. The van der Waals surface area contributed by atoms with Crippen molar-refractivity contribution < 1.29 is 0 Å². The Balaban J connectivity index is 1.19. The van der Waals surface area contributed by atoms with Gasteiger partial charge in [-0.15, -0.1) is 11.3 Å². The molecule has 1 aliphatic rings.